The predicted molar refractivity (Wildman–Crippen MR) is 211 cm³/mol. The van der Waals surface area contributed by atoms with Crippen molar-refractivity contribution in [3.63, 3.8) is 0 Å². The van der Waals surface area contributed by atoms with E-state index in [1.807, 2.05) is 12.1 Å². The average Bonchev–Trinajstić information content (AvgIpc) is 3.56. The summed E-state index contributed by atoms with van der Waals surface area (Å²) >= 11 is 0. The minimum atomic E-state index is 0.715. The number of aryl methyl sites for hydroxylation is 1. The van der Waals surface area contributed by atoms with Crippen molar-refractivity contribution in [1.29, 1.82) is 0 Å². The zero-order valence-electron chi connectivity index (χ0n) is 28.0. The number of nitrogens with zero attached hydrogens (tertiary/aromatic N) is 3. The second-order valence-corrected chi connectivity index (χ2v) is 13.3. The highest BCUT2D eigenvalue weighted by Gasteiger charge is 2.27. The monoisotopic (exact) mass is 651 g/mol. The molecule has 0 saturated carbocycles. The van der Waals surface area contributed by atoms with Crippen molar-refractivity contribution < 1.29 is 0 Å². The summed E-state index contributed by atoms with van der Waals surface area (Å²) in [6, 6.07) is 62.8. The zero-order chi connectivity index (χ0) is 33.7. The Morgan fingerprint density at radius 2 is 1.00 bits per heavy atom. The van der Waals surface area contributed by atoms with Crippen LogP contribution in [0, 0.1) is 0 Å². The Morgan fingerprint density at radius 1 is 0.431 bits per heavy atom. The van der Waals surface area contributed by atoms with Gasteiger partial charge in [0.1, 0.15) is 0 Å². The molecule has 9 aromatic rings. The number of hydrogen-bond acceptors (Lipinski definition) is 2. The molecule has 7 aromatic carbocycles. The quantitative estimate of drug-likeness (QED) is 0.185. The summed E-state index contributed by atoms with van der Waals surface area (Å²) in [7, 11) is 0. The third-order valence-electron chi connectivity index (χ3n) is 10.3. The maximum Gasteiger partial charge on any atom is 0.160 e. The molecule has 0 amide bonds. The van der Waals surface area contributed by atoms with Crippen LogP contribution in [0.3, 0.4) is 0 Å². The van der Waals surface area contributed by atoms with E-state index >= 15 is 0 Å². The predicted octanol–water partition coefficient (Wildman–Crippen LogP) is 12.0. The van der Waals surface area contributed by atoms with E-state index in [0.717, 1.165) is 46.6 Å². The fourth-order valence-corrected chi connectivity index (χ4v) is 7.96. The highest BCUT2D eigenvalue weighted by molar-refractivity contribution is 6.20. The van der Waals surface area contributed by atoms with E-state index in [2.05, 4.69) is 168 Å². The average molecular weight is 652 g/mol. The van der Waals surface area contributed by atoms with Gasteiger partial charge in [-0.05, 0) is 82.3 Å². The molecule has 0 bridgehead atoms. The minimum absolute atomic E-state index is 0.715. The maximum absolute atomic E-state index is 5.10. The van der Waals surface area contributed by atoms with Gasteiger partial charge in [-0.3, -0.25) is 0 Å². The molecule has 1 aliphatic carbocycles. The van der Waals surface area contributed by atoms with Gasteiger partial charge in [-0.2, -0.15) is 0 Å². The van der Waals surface area contributed by atoms with E-state index in [9.17, 15) is 0 Å². The van der Waals surface area contributed by atoms with Crippen LogP contribution in [0.4, 0.5) is 0 Å². The smallest absolute Gasteiger partial charge is 0.160 e. The van der Waals surface area contributed by atoms with Crippen LogP contribution in [0.15, 0.2) is 176 Å². The molecule has 2 heterocycles. The first-order valence-corrected chi connectivity index (χ1v) is 17.6. The molecule has 2 aromatic heterocycles. The van der Waals surface area contributed by atoms with Gasteiger partial charge in [0.25, 0.3) is 0 Å². The van der Waals surface area contributed by atoms with Crippen molar-refractivity contribution in [2.75, 3.05) is 0 Å². The molecule has 0 aliphatic heterocycles. The van der Waals surface area contributed by atoms with Gasteiger partial charge >= 0.3 is 0 Å². The van der Waals surface area contributed by atoms with Crippen LogP contribution in [0.1, 0.15) is 11.3 Å². The second kappa shape index (κ2) is 12.1. The van der Waals surface area contributed by atoms with Gasteiger partial charge in [0.2, 0.25) is 0 Å². The van der Waals surface area contributed by atoms with Gasteiger partial charge < -0.3 is 4.57 Å². The summed E-state index contributed by atoms with van der Waals surface area (Å²) in [6.45, 7) is 0. The van der Waals surface area contributed by atoms with Gasteiger partial charge in [0.15, 0.2) is 5.82 Å². The number of fused-ring (bicyclic) bond motifs is 7. The fourth-order valence-electron chi connectivity index (χ4n) is 7.96. The van der Waals surface area contributed by atoms with Gasteiger partial charge in [-0.15, -0.1) is 0 Å². The highest BCUT2D eigenvalue weighted by atomic mass is 15.0. The van der Waals surface area contributed by atoms with Crippen LogP contribution in [-0.4, -0.2) is 14.5 Å². The summed E-state index contributed by atoms with van der Waals surface area (Å²) in [5.74, 6) is 0.715. The second-order valence-electron chi connectivity index (χ2n) is 13.3. The van der Waals surface area contributed by atoms with Crippen LogP contribution in [0.25, 0.3) is 83.5 Å². The lowest BCUT2D eigenvalue weighted by Gasteiger charge is -2.19. The molecule has 51 heavy (non-hydrogen) atoms. The molecule has 0 fully saturated rings. The van der Waals surface area contributed by atoms with E-state index in [1.165, 1.54) is 55.2 Å². The molecule has 0 spiro atoms. The first-order chi connectivity index (χ1) is 25.3. The molecule has 1 aliphatic rings. The Bertz CT molecular complexity index is 2650. The van der Waals surface area contributed by atoms with Crippen molar-refractivity contribution >= 4 is 21.7 Å². The molecule has 0 unspecified atom stereocenters. The Hall–Kier alpha value is -6.58. The number of rotatable bonds is 5. The third-order valence-corrected chi connectivity index (χ3v) is 10.3. The molecule has 240 valence electrons. The lowest BCUT2D eigenvalue weighted by molar-refractivity contribution is 0.866. The molecule has 0 saturated heterocycles. The first-order valence-electron chi connectivity index (χ1n) is 17.6. The highest BCUT2D eigenvalue weighted by Crippen LogP contribution is 2.47. The molecule has 0 atom stereocenters. The van der Waals surface area contributed by atoms with Crippen LogP contribution in [0.5, 0.6) is 0 Å². The Labute approximate surface area is 297 Å². The molecule has 0 radical (unpaired) electrons. The van der Waals surface area contributed by atoms with Gasteiger partial charge in [0, 0.05) is 39.0 Å². The molecular formula is C48H33N3. The van der Waals surface area contributed by atoms with Gasteiger partial charge in [-0.1, -0.05) is 140 Å². The lowest BCUT2D eigenvalue weighted by Crippen LogP contribution is -2.08. The van der Waals surface area contributed by atoms with Crippen molar-refractivity contribution in [3.8, 4) is 61.8 Å². The summed E-state index contributed by atoms with van der Waals surface area (Å²) in [5, 5.41) is 3.89. The molecule has 3 nitrogen and oxygen atoms in total. The number of benzene rings is 7. The van der Waals surface area contributed by atoms with E-state index in [0.29, 0.717) is 5.82 Å². The van der Waals surface area contributed by atoms with Crippen LogP contribution >= 0.6 is 0 Å². The standard InChI is InChI=1S/C48H33N3/c1-4-14-32(15-5-1)41-30-45-47(40-23-13-12-22-39(40)41)46-38-21-11-10-16-33(38)26-29-44(46)51(45)37-27-24-36(25-28-37)48-49-42(34-17-6-2-7-18-34)31-43(50-48)35-19-8-3-9-20-35/h1-25,27-28,30-31H,26,29H2. The summed E-state index contributed by atoms with van der Waals surface area (Å²) in [4.78, 5) is 10.2. The zero-order valence-corrected chi connectivity index (χ0v) is 28.0. The fraction of sp³-hybridized carbons (Fsp3) is 0.0417. The molecular weight excluding hydrogens is 619 g/mol. The van der Waals surface area contributed by atoms with Crippen LogP contribution in [-0.2, 0) is 12.8 Å². The minimum Gasteiger partial charge on any atom is -0.313 e. The summed E-state index contributed by atoms with van der Waals surface area (Å²) in [5.41, 5.74) is 15.3. The molecule has 10 rings (SSSR count). The molecule has 3 heteroatoms. The van der Waals surface area contributed by atoms with Crippen molar-refractivity contribution in [1.82, 2.24) is 14.5 Å². The van der Waals surface area contributed by atoms with Crippen LogP contribution < -0.4 is 0 Å². The largest absolute Gasteiger partial charge is 0.313 e. The number of hydrogen-bond donors (Lipinski definition) is 0. The van der Waals surface area contributed by atoms with E-state index in [-0.39, 0.29) is 0 Å². The van der Waals surface area contributed by atoms with Crippen molar-refractivity contribution in [2.24, 2.45) is 0 Å². The van der Waals surface area contributed by atoms with E-state index < -0.39 is 0 Å². The first kappa shape index (κ1) is 29.3. The van der Waals surface area contributed by atoms with Crippen molar-refractivity contribution in [3.05, 3.63) is 187 Å². The normalized spacial score (nSPS) is 12.2. The topological polar surface area (TPSA) is 30.7 Å². The summed E-state index contributed by atoms with van der Waals surface area (Å²) < 4.78 is 2.51. The third kappa shape index (κ3) is 4.97. The number of aromatic nitrogens is 3. The SMILES string of the molecule is c1ccc(-c2cc(-c3ccccc3)nc(-c3ccc(-n4c5c(c6c7ccccc7c(-c7ccccc7)cc64)-c4ccccc4CC5)cc3)n2)cc1. The van der Waals surface area contributed by atoms with Gasteiger partial charge in [-0.25, -0.2) is 9.97 Å². The lowest BCUT2D eigenvalue weighted by atomic mass is 9.86. The van der Waals surface area contributed by atoms with E-state index in [1.54, 1.807) is 0 Å². The Kier molecular flexibility index (Phi) is 6.95. The van der Waals surface area contributed by atoms with Crippen molar-refractivity contribution in [2.45, 2.75) is 12.8 Å². The maximum atomic E-state index is 5.10. The van der Waals surface area contributed by atoms with Crippen LogP contribution in [0.2, 0.25) is 0 Å². The molecule has 0 N–H and O–H groups in total. The summed E-state index contributed by atoms with van der Waals surface area (Å²) in [6.07, 6.45) is 1.99. The Balaban J connectivity index is 1.19. The van der Waals surface area contributed by atoms with E-state index in [4.69, 9.17) is 9.97 Å². The Morgan fingerprint density at radius 3 is 1.67 bits per heavy atom. The van der Waals surface area contributed by atoms with Gasteiger partial charge in [0.05, 0.1) is 16.9 Å².